The van der Waals surface area contributed by atoms with Crippen molar-refractivity contribution in [1.29, 1.82) is 0 Å². The lowest BCUT2D eigenvalue weighted by Crippen LogP contribution is -2.31. The van der Waals surface area contributed by atoms with Gasteiger partial charge in [-0.25, -0.2) is 9.78 Å². The van der Waals surface area contributed by atoms with Crippen molar-refractivity contribution in [3.63, 3.8) is 0 Å². The van der Waals surface area contributed by atoms with Gasteiger partial charge >= 0.3 is 5.97 Å². The highest BCUT2D eigenvalue weighted by Gasteiger charge is 2.19. The number of aryl methyl sites for hydroxylation is 1. The number of aromatic nitrogens is 2. The molecule has 1 aromatic heterocycles. The number of halogens is 2. The van der Waals surface area contributed by atoms with E-state index in [4.69, 9.17) is 10.8 Å². The summed E-state index contributed by atoms with van der Waals surface area (Å²) in [6.07, 6.45) is 3.21. The molecule has 0 aliphatic carbocycles. The van der Waals surface area contributed by atoms with Gasteiger partial charge in [-0.2, -0.15) is 0 Å². The molecule has 1 aromatic rings. The first-order valence-electron chi connectivity index (χ1n) is 4.22. The first-order chi connectivity index (χ1) is 6.16. The van der Waals surface area contributed by atoms with E-state index in [2.05, 4.69) is 4.98 Å². The molecule has 15 heavy (non-hydrogen) atoms. The molecule has 0 radical (unpaired) electrons. The van der Waals surface area contributed by atoms with Crippen LogP contribution in [0.2, 0.25) is 0 Å². The predicted octanol–water partition coefficient (Wildman–Crippen LogP) is 0.698. The molecule has 1 aliphatic rings. The Hall–Kier alpha value is -0.780. The Morgan fingerprint density at radius 3 is 2.87 bits per heavy atom. The molecule has 7 heteroatoms. The number of hydrogen-bond acceptors (Lipinski definition) is 3. The lowest BCUT2D eigenvalue weighted by Gasteiger charge is -2.19. The number of hydrogen-bond donors (Lipinski definition) is 2. The molecular weight excluding hydrogens is 241 g/mol. The summed E-state index contributed by atoms with van der Waals surface area (Å²) in [5.74, 6) is -0.144. The fraction of sp³-hybridized carbons (Fsp3) is 0.500. The van der Waals surface area contributed by atoms with Crippen LogP contribution in [-0.2, 0) is 13.0 Å². The molecule has 0 spiro atoms. The van der Waals surface area contributed by atoms with Gasteiger partial charge < -0.3 is 15.4 Å². The molecule has 0 saturated heterocycles. The molecule has 1 atom stereocenters. The first kappa shape index (κ1) is 14.2. The standard InChI is InChI=1S/C8H11N3O2.2ClH/c9-5-1-2-7-10-6(8(12)13)4-11(7)3-5;;/h4-5H,1-3,9H2,(H,12,13);2*1H. The molecule has 0 saturated carbocycles. The molecule has 5 nitrogen and oxygen atoms in total. The van der Waals surface area contributed by atoms with E-state index < -0.39 is 5.97 Å². The average molecular weight is 254 g/mol. The van der Waals surface area contributed by atoms with E-state index in [0.717, 1.165) is 18.7 Å². The van der Waals surface area contributed by atoms with Crippen molar-refractivity contribution in [3.8, 4) is 0 Å². The number of aromatic carboxylic acids is 1. The quantitative estimate of drug-likeness (QED) is 0.772. The third kappa shape index (κ3) is 2.84. The molecule has 1 unspecified atom stereocenters. The van der Waals surface area contributed by atoms with Crippen LogP contribution in [0.15, 0.2) is 6.20 Å². The molecule has 3 N–H and O–H groups in total. The largest absolute Gasteiger partial charge is 0.476 e. The number of carboxylic acids is 1. The molecule has 0 bridgehead atoms. The number of nitrogens with two attached hydrogens (primary N) is 1. The second-order valence-corrected chi connectivity index (χ2v) is 3.30. The lowest BCUT2D eigenvalue weighted by molar-refractivity contribution is 0.0691. The smallest absolute Gasteiger partial charge is 0.356 e. The van der Waals surface area contributed by atoms with Gasteiger partial charge in [0.05, 0.1) is 0 Å². The summed E-state index contributed by atoms with van der Waals surface area (Å²) in [5, 5.41) is 8.69. The van der Waals surface area contributed by atoms with Gasteiger partial charge in [-0.15, -0.1) is 24.8 Å². The van der Waals surface area contributed by atoms with Crippen LogP contribution in [0, 0.1) is 0 Å². The predicted molar refractivity (Wildman–Crippen MR) is 60.0 cm³/mol. The van der Waals surface area contributed by atoms with Gasteiger partial charge in [-0.05, 0) is 6.42 Å². The summed E-state index contributed by atoms with van der Waals surface area (Å²) in [5.41, 5.74) is 5.85. The number of rotatable bonds is 1. The maximum Gasteiger partial charge on any atom is 0.356 e. The molecule has 0 amide bonds. The molecular formula is C8H13Cl2N3O2. The third-order valence-corrected chi connectivity index (χ3v) is 2.25. The molecule has 1 aliphatic heterocycles. The minimum atomic E-state index is -0.976. The second-order valence-electron chi connectivity index (χ2n) is 3.30. The number of nitrogens with zero attached hydrogens (tertiary/aromatic N) is 2. The Morgan fingerprint density at radius 1 is 1.60 bits per heavy atom. The number of carboxylic acid groups (broad SMARTS) is 1. The lowest BCUT2D eigenvalue weighted by atomic mass is 10.1. The van der Waals surface area contributed by atoms with Crippen LogP contribution in [-0.4, -0.2) is 26.7 Å². The fourth-order valence-corrected chi connectivity index (χ4v) is 1.57. The van der Waals surface area contributed by atoms with Crippen LogP contribution in [0.25, 0.3) is 0 Å². The van der Waals surface area contributed by atoms with E-state index in [9.17, 15) is 4.79 Å². The molecule has 0 fully saturated rings. The molecule has 86 valence electrons. The third-order valence-electron chi connectivity index (χ3n) is 2.25. The van der Waals surface area contributed by atoms with Crippen molar-refractivity contribution in [1.82, 2.24) is 9.55 Å². The van der Waals surface area contributed by atoms with E-state index in [0.29, 0.717) is 6.54 Å². The van der Waals surface area contributed by atoms with Crippen molar-refractivity contribution < 1.29 is 9.90 Å². The summed E-state index contributed by atoms with van der Waals surface area (Å²) in [6.45, 7) is 0.676. The minimum absolute atomic E-state index is 0. The monoisotopic (exact) mass is 253 g/mol. The van der Waals surface area contributed by atoms with E-state index in [1.807, 2.05) is 4.57 Å². The van der Waals surface area contributed by atoms with Gasteiger partial charge in [0.25, 0.3) is 0 Å². The van der Waals surface area contributed by atoms with Gasteiger partial charge in [0.1, 0.15) is 5.82 Å². The minimum Gasteiger partial charge on any atom is -0.476 e. The van der Waals surface area contributed by atoms with Crippen molar-refractivity contribution >= 4 is 30.8 Å². The summed E-state index contributed by atoms with van der Waals surface area (Å²) >= 11 is 0. The van der Waals surface area contributed by atoms with Crippen LogP contribution < -0.4 is 5.73 Å². The van der Waals surface area contributed by atoms with E-state index in [1.165, 1.54) is 0 Å². The van der Waals surface area contributed by atoms with Gasteiger partial charge in [-0.3, -0.25) is 0 Å². The normalized spacial score (nSPS) is 18.3. The Bertz CT molecular complexity index is 354. The van der Waals surface area contributed by atoms with E-state index in [-0.39, 0.29) is 36.5 Å². The van der Waals surface area contributed by atoms with Gasteiger partial charge in [0, 0.05) is 25.2 Å². The second kappa shape index (κ2) is 5.34. The Morgan fingerprint density at radius 2 is 2.27 bits per heavy atom. The Labute approximate surface area is 99.5 Å². The Kier molecular flexibility index (Phi) is 5.07. The summed E-state index contributed by atoms with van der Waals surface area (Å²) in [4.78, 5) is 14.6. The van der Waals surface area contributed by atoms with Gasteiger partial charge in [-0.1, -0.05) is 0 Å². The number of fused-ring (bicyclic) bond motifs is 1. The van der Waals surface area contributed by atoms with Crippen molar-refractivity contribution in [2.45, 2.75) is 25.4 Å². The summed E-state index contributed by atoms with van der Waals surface area (Å²) in [6, 6.07) is 0.128. The Balaban J connectivity index is 0.000000980. The molecule has 2 heterocycles. The van der Waals surface area contributed by atoms with Crippen LogP contribution in [0.1, 0.15) is 22.7 Å². The van der Waals surface area contributed by atoms with Gasteiger partial charge in [0.15, 0.2) is 5.69 Å². The highest BCUT2D eigenvalue weighted by atomic mass is 35.5. The first-order valence-corrected chi connectivity index (χ1v) is 4.22. The maximum absolute atomic E-state index is 10.6. The summed E-state index contributed by atoms with van der Waals surface area (Å²) < 4.78 is 1.83. The van der Waals surface area contributed by atoms with Crippen LogP contribution >= 0.6 is 24.8 Å². The topological polar surface area (TPSA) is 81.1 Å². The van der Waals surface area contributed by atoms with Crippen molar-refractivity contribution in [2.75, 3.05) is 0 Å². The van der Waals surface area contributed by atoms with Crippen LogP contribution in [0.4, 0.5) is 0 Å². The van der Waals surface area contributed by atoms with Gasteiger partial charge in [0.2, 0.25) is 0 Å². The molecule has 0 aromatic carbocycles. The zero-order valence-corrected chi connectivity index (χ0v) is 9.55. The zero-order chi connectivity index (χ0) is 9.42. The number of imidazole rings is 1. The summed E-state index contributed by atoms with van der Waals surface area (Å²) in [7, 11) is 0. The van der Waals surface area contributed by atoms with Crippen LogP contribution in [0.3, 0.4) is 0 Å². The van der Waals surface area contributed by atoms with Crippen molar-refractivity contribution in [2.24, 2.45) is 5.73 Å². The zero-order valence-electron chi connectivity index (χ0n) is 7.92. The average Bonchev–Trinajstić information content (AvgIpc) is 2.46. The highest BCUT2D eigenvalue weighted by molar-refractivity contribution is 5.85. The van der Waals surface area contributed by atoms with E-state index in [1.54, 1.807) is 6.20 Å². The maximum atomic E-state index is 10.6. The molecule has 2 rings (SSSR count). The highest BCUT2D eigenvalue weighted by Crippen LogP contribution is 2.13. The van der Waals surface area contributed by atoms with Crippen molar-refractivity contribution in [3.05, 3.63) is 17.7 Å². The number of carbonyl (C=O) groups is 1. The fourth-order valence-electron chi connectivity index (χ4n) is 1.57. The van der Waals surface area contributed by atoms with Crippen LogP contribution in [0.5, 0.6) is 0 Å². The SMILES string of the molecule is Cl.Cl.NC1CCc2nc(C(=O)O)cn2C1. The van der Waals surface area contributed by atoms with E-state index >= 15 is 0 Å².